The third-order valence-corrected chi connectivity index (χ3v) is 1.89. The predicted octanol–water partition coefficient (Wildman–Crippen LogP) is 3.12. The third kappa shape index (κ3) is 5.93. The number of rotatable bonds is 5. The fourth-order valence-electron chi connectivity index (χ4n) is 1.14. The summed E-state index contributed by atoms with van der Waals surface area (Å²) in [5.41, 5.74) is 0.690. The van der Waals surface area contributed by atoms with Gasteiger partial charge in [-0.05, 0) is 17.7 Å². The number of hydrogen-bond donors (Lipinski definition) is 1. The van der Waals surface area contributed by atoms with Crippen molar-refractivity contribution in [2.24, 2.45) is 0 Å². The Labute approximate surface area is 101 Å². The molecule has 1 aromatic rings. The van der Waals surface area contributed by atoms with Crippen molar-refractivity contribution in [3.05, 3.63) is 35.9 Å². The molecule has 0 aliphatic rings. The molecule has 1 rings (SSSR count). The van der Waals surface area contributed by atoms with Gasteiger partial charge in [0.1, 0.15) is 5.75 Å². The van der Waals surface area contributed by atoms with E-state index in [4.69, 9.17) is 5.11 Å². The lowest BCUT2D eigenvalue weighted by Gasteiger charge is -2.08. The highest BCUT2D eigenvalue weighted by Gasteiger charge is 2.28. The molecule has 0 saturated heterocycles. The van der Waals surface area contributed by atoms with E-state index in [0.29, 0.717) is 5.56 Å². The van der Waals surface area contributed by atoms with E-state index in [1.54, 1.807) is 18.2 Å². The largest absolute Gasteiger partial charge is 0.484 e. The molecule has 0 aliphatic carbocycles. The lowest BCUT2D eigenvalue weighted by Crippen LogP contribution is -2.19. The minimum Gasteiger partial charge on any atom is -0.484 e. The Kier molecular flexibility index (Phi) is 4.76. The monoisotopic (exact) mass is 260 g/mol. The smallest absolute Gasteiger partial charge is 0.422 e. The molecule has 0 heterocycles. The molecule has 0 radical (unpaired) electrons. The highest BCUT2D eigenvalue weighted by Crippen LogP contribution is 2.19. The van der Waals surface area contributed by atoms with Gasteiger partial charge < -0.3 is 9.84 Å². The van der Waals surface area contributed by atoms with Crippen molar-refractivity contribution < 1.29 is 27.8 Å². The van der Waals surface area contributed by atoms with Crippen molar-refractivity contribution in [1.82, 2.24) is 0 Å². The number of hydrogen-bond acceptors (Lipinski definition) is 2. The van der Waals surface area contributed by atoms with Crippen LogP contribution in [0.4, 0.5) is 13.2 Å². The minimum absolute atomic E-state index is 0.105. The van der Waals surface area contributed by atoms with Crippen LogP contribution < -0.4 is 4.74 Å². The summed E-state index contributed by atoms with van der Waals surface area (Å²) in [5.74, 6) is -0.834. The van der Waals surface area contributed by atoms with E-state index in [1.807, 2.05) is 0 Å². The number of carboxylic acid groups (broad SMARTS) is 1. The Bertz CT molecular complexity index is 421. The zero-order valence-electron chi connectivity index (χ0n) is 9.28. The Balaban J connectivity index is 2.52. The molecule has 18 heavy (non-hydrogen) atoms. The van der Waals surface area contributed by atoms with Crippen LogP contribution >= 0.6 is 0 Å². The summed E-state index contributed by atoms with van der Waals surface area (Å²) in [6.07, 6.45) is -1.44. The molecule has 98 valence electrons. The van der Waals surface area contributed by atoms with Gasteiger partial charge in [0.15, 0.2) is 6.61 Å². The van der Waals surface area contributed by atoms with Crippen LogP contribution in [0, 0.1) is 0 Å². The zero-order chi connectivity index (χ0) is 13.6. The fraction of sp³-hybridized carbons (Fsp3) is 0.250. The number of alkyl halides is 3. The van der Waals surface area contributed by atoms with E-state index >= 15 is 0 Å². The van der Waals surface area contributed by atoms with Crippen molar-refractivity contribution in [2.45, 2.75) is 12.6 Å². The highest BCUT2D eigenvalue weighted by atomic mass is 19.4. The Morgan fingerprint density at radius 2 is 1.89 bits per heavy atom. The van der Waals surface area contributed by atoms with Gasteiger partial charge in [-0.25, -0.2) is 0 Å². The van der Waals surface area contributed by atoms with Crippen molar-refractivity contribution >= 4 is 12.0 Å². The van der Waals surface area contributed by atoms with Crippen LogP contribution in [0.1, 0.15) is 12.0 Å². The number of ether oxygens (including phenoxy) is 1. The molecule has 1 aromatic carbocycles. The molecular weight excluding hydrogens is 249 g/mol. The second kappa shape index (κ2) is 6.09. The first-order valence-corrected chi connectivity index (χ1v) is 5.05. The molecule has 0 spiro atoms. The molecule has 0 fully saturated rings. The second-order valence-electron chi connectivity index (χ2n) is 3.47. The first kappa shape index (κ1) is 14.1. The molecule has 0 atom stereocenters. The van der Waals surface area contributed by atoms with Gasteiger partial charge in [-0.2, -0.15) is 13.2 Å². The van der Waals surface area contributed by atoms with Crippen LogP contribution in [-0.4, -0.2) is 23.9 Å². The van der Waals surface area contributed by atoms with Gasteiger partial charge in [0.05, 0.1) is 6.42 Å². The minimum atomic E-state index is -4.36. The van der Waals surface area contributed by atoms with Gasteiger partial charge in [0.2, 0.25) is 0 Å². The van der Waals surface area contributed by atoms with Gasteiger partial charge in [-0.3, -0.25) is 4.79 Å². The number of aliphatic carboxylic acids is 1. The van der Waals surface area contributed by atoms with E-state index in [9.17, 15) is 18.0 Å². The Morgan fingerprint density at radius 1 is 1.28 bits per heavy atom. The highest BCUT2D eigenvalue weighted by molar-refractivity contribution is 5.70. The molecular formula is C12H11F3O3. The summed E-state index contributed by atoms with van der Waals surface area (Å²) in [6, 6.07) is 5.88. The lowest BCUT2D eigenvalue weighted by molar-refractivity contribution is -0.153. The quantitative estimate of drug-likeness (QED) is 0.884. The Morgan fingerprint density at radius 3 is 2.39 bits per heavy atom. The first-order chi connectivity index (χ1) is 8.37. The van der Waals surface area contributed by atoms with Gasteiger partial charge in [-0.1, -0.05) is 24.3 Å². The number of carbonyl (C=O) groups is 1. The number of carboxylic acids is 1. The van der Waals surface area contributed by atoms with E-state index in [0.717, 1.165) is 0 Å². The van der Waals surface area contributed by atoms with Crippen LogP contribution in [0.25, 0.3) is 6.08 Å². The average molecular weight is 260 g/mol. The maximum Gasteiger partial charge on any atom is 0.422 e. The van der Waals surface area contributed by atoms with Crippen LogP contribution in [0.5, 0.6) is 5.75 Å². The van der Waals surface area contributed by atoms with Gasteiger partial charge >= 0.3 is 12.1 Å². The van der Waals surface area contributed by atoms with E-state index in [2.05, 4.69) is 4.74 Å². The van der Waals surface area contributed by atoms with E-state index in [-0.39, 0.29) is 12.2 Å². The average Bonchev–Trinajstić information content (AvgIpc) is 2.26. The third-order valence-electron chi connectivity index (χ3n) is 1.89. The van der Waals surface area contributed by atoms with Crippen molar-refractivity contribution in [1.29, 1.82) is 0 Å². The Hall–Kier alpha value is -1.98. The van der Waals surface area contributed by atoms with Crippen LogP contribution in [0.2, 0.25) is 0 Å². The molecule has 0 aromatic heterocycles. The van der Waals surface area contributed by atoms with E-state index in [1.165, 1.54) is 18.2 Å². The standard InChI is InChI=1S/C12H11F3O3/c13-12(14,15)8-18-10-6-4-9(5-7-10)2-1-3-11(16)17/h1-2,4-7H,3,8H2,(H,16,17). The number of halogens is 3. The first-order valence-electron chi connectivity index (χ1n) is 5.05. The van der Waals surface area contributed by atoms with Crippen LogP contribution in [0.3, 0.4) is 0 Å². The summed E-state index contributed by atoms with van der Waals surface area (Å²) in [7, 11) is 0. The molecule has 0 saturated carbocycles. The number of benzene rings is 1. The summed E-state index contributed by atoms with van der Waals surface area (Å²) < 4.78 is 40.1. The molecule has 6 heteroatoms. The molecule has 0 amide bonds. The molecule has 3 nitrogen and oxygen atoms in total. The summed E-state index contributed by atoms with van der Waals surface area (Å²) >= 11 is 0. The van der Waals surface area contributed by atoms with Crippen molar-refractivity contribution in [2.75, 3.05) is 6.61 Å². The topological polar surface area (TPSA) is 46.5 Å². The SMILES string of the molecule is O=C(O)CC=Cc1ccc(OCC(F)(F)F)cc1. The summed E-state index contributed by atoms with van der Waals surface area (Å²) in [6.45, 7) is -1.33. The van der Waals surface area contributed by atoms with Crippen molar-refractivity contribution in [3.8, 4) is 5.75 Å². The fourth-order valence-corrected chi connectivity index (χ4v) is 1.14. The van der Waals surface area contributed by atoms with Gasteiger partial charge in [0.25, 0.3) is 0 Å². The summed E-state index contributed by atoms with van der Waals surface area (Å²) in [5, 5.41) is 8.40. The van der Waals surface area contributed by atoms with Crippen molar-refractivity contribution in [3.63, 3.8) is 0 Å². The molecule has 0 unspecified atom stereocenters. The summed E-state index contributed by atoms with van der Waals surface area (Å²) in [4.78, 5) is 10.2. The maximum atomic E-state index is 11.9. The van der Waals surface area contributed by atoms with E-state index < -0.39 is 18.8 Å². The predicted molar refractivity (Wildman–Crippen MR) is 59.3 cm³/mol. The maximum absolute atomic E-state index is 11.9. The normalized spacial score (nSPS) is 11.7. The molecule has 1 N–H and O–H groups in total. The van der Waals surface area contributed by atoms with Crippen LogP contribution in [-0.2, 0) is 4.79 Å². The second-order valence-corrected chi connectivity index (χ2v) is 3.47. The van der Waals surface area contributed by atoms with Gasteiger partial charge in [-0.15, -0.1) is 0 Å². The lowest BCUT2D eigenvalue weighted by atomic mass is 10.2. The van der Waals surface area contributed by atoms with Crippen LogP contribution in [0.15, 0.2) is 30.3 Å². The van der Waals surface area contributed by atoms with Gasteiger partial charge in [0, 0.05) is 0 Å². The molecule has 0 bridgehead atoms. The zero-order valence-corrected chi connectivity index (χ0v) is 9.28. The molecule has 0 aliphatic heterocycles.